The molecular weight excluding hydrogens is 294 g/mol. The van der Waals surface area contributed by atoms with Crippen molar-refractivity contribution in [2.75, 3.05) is 33.4 Å². The van der Waals surface area contributed by atoms with Gasteiger partial charge in [0, 0.05) is 39.1 Å². The maximum absolute atomic E-state index is 12.3. The van der Waals surface area contributed by atoms with Gasteiger partial charge in [0.15, 0.2) is 5.82 Å². The van der Waals surface area contributed by atoms with Crippen molar-refractivity contribution in [3.8, 4) is 0 Å². The number of methoxy groups -OCH3 is 1. The summed E-state index contributed by atoms with van der Waals surface area (Å²) in [5, 5.41) is 10.4. The number of nitrogens with zero attached hydrogens (tertiary/aromatic N) is 3. The third-order valence-corrected chi connectivity index (χ3v) is 5.21. The van der Waals surface area contributed by atoms with Crippen LogP contribution in [0.5, 0.6) is 0 Å². The van der Waals surface area contributed by atoms with Gasteiger partial charge in [-0.1, -0.05) is 13.3 Å². The number of aromatic amines is 1. The highest BCUT2D eigenvalue weighted by molar-refractivity contribution is 5.74. The summed E-state index contributed by atoms with van der Waals surface area (Å²) in [4.78, 5) is 19.0. The van der Waals surface area contributed by atoms with Crippen LogP contribution in [0.1, 0.15) is 50.2 Å². The molecule has 1 aromatic rings. The van der Waals surface area contributed by atoms with Crippen LogP contribution in [0, 0.1) is 5.41 Å². The van der Waals surface area contributed by atoms with E-state index in [1.807, 2.05) is 4.90 Å². The number of H-pyrrole nitrogens is 1. The monoisotopic (exact) mass is 321 g/mol. The lowest BCUT2D eigenvalue weighted by molar-refractivity contribution is 0.120. The van der Waals surface area contributed by atoms with Gasteiger partial charge in [-0.15, -0.1) is 0 Å². The topological polar surface area (TPSA) is 83.1 Å². The third kappa shape index (κ3) is 3.20. The molecule has 2 N–H and O–H groups in total. The number of carbonyl (C=O) groups excluding carboxylic acids is 1. The van der Waals surface area contributed by atoms with Crippen LogP contribution >= 0.6 is 0 Å². The van der Waals surface area contributed by atoms with E-state index in [9.17, 15) is 4.79 Å². The number of amides is 2. The van der Waals surface area contributed by atoms with E-state index < -0.39 is 0 Å². The fraction of sp³-hybridized carbons (Fsp3) is 0.812. The Kier molecular flexibility index (Phi) is 4.84. The van der Waals surface area contributed by atoms with Crippen LogP contribution in [0.2, 0.25) is 0 Å². The van der Waals surface area contributed by atoms with E-state index in [1.54, 1.807) is 7.11 Å². The van der Waals surface area contributed by atoms with Crippen LogP contribution in [-0.2, 0) is 11.2 Å². The molecular formula is C16H27N5O2. The minimum Gasteiger partial charge on any atom is -0.383 e. The Morgan fingerprint density at radius 3 is 3.00 bits per heavy atom. The standard InChI is InChI=1S/C16H27N5O2/c1-3-5-13-18-14(20-19-13)12-10-21(11-16(12)6-4-7-16)15(22)17-8-9-23-2/h12H,3-11H2,1-2H3,(H,17,22)(H,18,19,20). The van der Waals surface area contributed by atoms with Crippen molar-refractivity contribution in [2.24, 2.45) is 5.41 Å². The number of aromatic nitrogens is 3. The van der Waals surface area contributed by atoms with Gasteiger partial charge in [-0.2, -0.15) is 5.10 Å². The molecule has 23 heavy (non-hydrogen) atoms. The Morgan fingerprint density at radius 2 is 2.35 bits per heavy atom. The molecule has 2 fully saturated rings. The first kappa shape index (κ1) is 16.2. The number of hydrogen-bond donors (Lipinski definition) is 2. The highest BCUT2D eigenvalue weighted by atomic mass is 16.5. The zero-order valence-corrected chi connectivity index (χ0v) is 14.1. The van der Waals surface area contributed by atoms with E-state index in [4.69, 9.17) is 4.74 Å². The largest absolute Gasteiger partial charge is 0.383 e. The lowest BCUT2D eigenvalue weighted by Crippen LogP contribution is -2.42. The molecule has 2 aliphatic rings. The summed E-state index contributed by atoms with van der Waals surface area (Å²) in [6.45, 7) is 4.74. The van der Waals surface area contributed by atoms with Crippen molar-refractivity contribution < 1.29 is 9.53 Å². The van der Waals surface area contributed by atoms with Gasteiger partial charge < -0.3 is 15.0 Å². The number of nitrogens with one attached hydrogen (secondary N) is 2. The van der Waals surface area contributed by atoms with Gasteiger partial charge in [-0.25, -0.2) is 9.78 Å². The van der Waals surface area contributed by atoms with Crippen molar-refractivity contribution in [1.29, 1.82) is 0 Å². The van der Waals surface area contributed by atoms with Crippen LogP contribution in [0.25, 0.3) is 0 Å². The summed E-state index contributed by atoms with van der Waals surface area (Å²) in [5.41, 5.74) is 0.185. The number of aryl methyl sites for hydroxylation is 1. The van der Waals surface area contributed by atoms with E-state index in [0.717, 1.165) is 43.9 Å². The average Bonchev–Trinajstić information content (AvgIpc) is 3.11. The fourth-order valence-corrected chi connectivity index (χ4v) is 3.80. The fourth-order valence-electron chi connectivity index (χ4n) is 3.80. The SMILES string of the molecule is CCCc1nc(C2CN(C(=O)NCCOC)CC23CCC3)n[nH]1. The molecule has 0 radical (unpaired) electrons. The summed E-state index contributed by atoms with van der Waals surface area (Å²) >= 11 is 0. The first-order valence-corrected chi connectivity index (χ1v) is 8.61. The first-order valence-electron chi connectivity index (χ1n) is 8.61. The molecule has 0 bridgehead atoms. The normalized spacial score (nSPS) is 22.3. The molecule has 0 aromatic carbocycles. The molecule has 1 atom stereocenters. The van der Waals surface area contributed by atoms with E-state index in [2.05, 4.69) is 27.4 Å². The molecule has 1 saturated carbocycles. The lowest BCUT2D eigenvalue weighted by Gasteiger charge is -2.41. The molecule has 2 heterocycles. The van der Waals surface area contributed by atoms with Gasteiger partial charge in [-0.05, 0) is 24.7 Å². The van der Waals surface area contributed by atoms with Crippen molar-refractivity contribution in [3.63, 3.8) is 0 Å². The molecule has 2 amide bonds. The molecule has 1 unspecified atom stereocenters. The van der Waals surface area contributed by atoms with Gasteiger partial charge in [0.2, 0.25) is 0 Å². The highest BCUT2D eigenvalue weighted by Gasteiger charge is 2.53. The maximum Gasteiger partial charge on any atom is 0.317 e. The average molecular weight is 321 g/mol. The van der Waals surface area contributed by atoms with Crippen LogP contribution < -0.4 is 5.32 Å². The summed E-state index contributed by atoms with van der Waals surface area (Å²) in [6, 6.07) is 0.000132. The van der Waals surface area contributed by atoms with Gasteiger partial charge >= 0.3 is 6.03 Å². The summed E-state index contributed by atoms with van der Waals surface area (Å²) in [5.74, 6) is 2.10. The minimum atomic E-state index is 0.000132. The Morgan fingerprint density at radius 1 is 1.52 bits per heavy atom. The Bertz CT molecular complexity index is 540. The second kappa shape index (κ2) is 6.86. The van der Waals surface area contributed by atoms with Gasteiger partial charge in [-0.3, -0.25) is 5.10 Å². The van der Waals surface area contributed by atoms with E-state index in [0.29, 0.717) is 19.7 Å². The number of carbonyl (C=O) groups is 1. The Labute approximate surface area is 137 Å². The smallest absolute Gasteiger partial charge is 0.317 e. The molecule has 1 saturated heterocycles. The maximum atomic E-state index is 12.3. The van der Waals surface area contributed by atoms with Gasteiger partial charge in [0.25, 0.3) is 0 Å². The van der Waals surface area contributed by atoms with E-state index >= 15 is 0 Å². The first-order chi connectivity index (χ1) is 11.2. The Balaban J connectivity index is 1.68. The van der Waals surface area contributed by atoms with Crippen molar-refractivity contribution in [1.82, 2.24) is 25.4 Å². The van der Waals surface area contributed by atoms with Crippen molar-refractivity contribution in [2.45, 2.75) is 44.9 Å². The van der Waals surface area contributed by atoms with E-state index in [-0.39, 0.29) is 17.4 Å². The van der Waals surface area contributed by atoms with E-state index in [1.165, 1.54) is 6.42 Å². The number of hydrogen-bond acceptors (Lipinski definition) is 4. The summed E-state index contributed by atoms with van der Waals surface area (Å²) in [6.07, 6.45) is 5.54. The lowest BCUT2D eigenvalue weighted by atomic mass is 9.62. The number of likely N-dealkylation sites (tertiary alicyclic amines) is 1. The Hall–Kier alpha value is -1.63. The van der Waals surface area contributed by atoms with Crippen LogP contribution in [0.3, 0.4) is 0 Å². The summed E-state index contributed by atoms with van der Waals surface area (Å²) < 4.78 is 4.99. The number of rotatable bonds is 6. The molecule has 1 aromatic heterocycles. The molecule has 1 aliphatic heterocycles. The minimum absolute atomic E-state index is 0.000132. The third-order valence-electron chi connectivity index (χ3n) is 5.21. The van der Waals surface area contributed by atoms with Gasteiger partial charge in [0.05, 0.1) is 6.61 Å². The second-order valence-electron chi connectivity index (χ2n) is 6.76. The van der Waals surface area contributed by atoms with Crippen LogP contribution in [0.15, 0.2) is 0 Å². The predicted molar refractivity (Wildman–Crippen MR) is 86.3 cm³/mol. The zero-order valence-electron chi connectivity index (χ0n) is 14.1. The molecule has 7 nitrogen and oxygen atoms in total. The van der Waals surface area contributed by atoms with Crippen LogP contribution in [-0.4, -0.2) is 59.5 Å². The van der Waals surface area contributed by atoms with Crippen LogP contribution in [0.4, 0.5) is 4.79 Å². The predicted octanol–water partition coefficient (Wildman–Crippen LogP) is 1.68. The quantitative estimate of drug-likeness (QED) is 0.781. The molecule has 1 aliphatic carbocycles. The molecule has 128 valence electrons. The molecule has 3 rings (SSSR count). The number of ether oxygens (including phenoxy) is 1. The highest BCUT2D eigenvalue weighted by Crippen LogP contribution is 2.55. The van der Waals surface area contributed by atoms with Crippen molar-refractivity contribution >= 4 is 6.03 Å². The summed E-state index contributed by atoms with van der Waals surface area (Å²) in [7, 11) is 1.64. The molecule has 7 heteroatoms. The zero-order chi connectivity index (χ0) is 16.3. The number of urea groups is 1. The van der Waals surface area contributed by atoms with Gasteiger partial charge in [0.1, 0.15) is 5.82 Å². The van der Waals surface area contributed by atoms with Crippen molar-refractivity contribution in [3.05, 3.63) is 11.6 Å². The second-order valence-corrected chi connectivity index (χ2v) is 6.76. The molecule has 1 spiro atoms.